The molecule has 29 heavy (non-hydrogen) atoms. The molecule has 0 aliphatic rings. The number of rotatable bonds is 6. The van der Waals surface area contributed by atoms with Gasteiger partial charge in [0.15, 0.2) is 6.10 Å². The van der Waals surface area contributed by atoms with Crippen LogP contribution >= 0.6 is 0 Å². The minimum absolute atomic E-state index is 0.154. The van der Waals surface area contributed by atoms with E-state index >= 15 is 0 Å². The number of carbonyl (C=O) groups excluding carboxylic acids is 2. The lowest BCUT2D eigenvalue weighted by atomic mass is 10.2. The van der Waals surface area contributed by atoms with Gasteiger partial charge in [-0.2, -0.15) is 0 Å². The van der Waals surface area contributed by atoms with Gasteiger partial charge < -0.3 is 14.6 Å². The lowest BCUT2D eigenvalue weighted by Gasteiger charge is -2.14. The molecule has 1 atom stereocenters. The van der Waals surface area contributed by atoms with Crippen LogP contribution in [-0.2, 0) is 22.6 Å². The molecule has 0 spiro atoms. The summed E-state index contributed by atoms with van der Waals surface area (Å²) in [5.74, 6) is -1.00. The van der Waals surface area contributed by atoms with Crippen molar-refractivity contribution >= 4 is 22.9 Å². The lowest BCUT2D eigenvalue weighted by Crippen LogP contribution is -2.35. The Kier molecular flexibility index (Phi) is 6.07. The Hall–Kier alpha value is -3.48. The van der Waals surface area contributed by atoms with Crippen LogP contribution in [0.3, 0.4) is 0 Å². The number of nitrogens with zero attached hydrogens (tertiary/aromatic N) is 2. The SMILES string of the molecule is CCn1c(=O)c(C)nc2cc(C(=O)OC(C)C(=O)NCc3ccccc3)ccc21. The number of carbonyl (C=O) groups is 2. The Labute approximate surface area is 168 Å². The third-order valence-corrected chi connectivity index (χ3v) is 4.62. The normalized spacial score (nSPS) is 11.8. The third-order valence-electron chi connectivity index (χ3n) is 4.62. The summed E-state index contributed by atoms with van der Waals surface area (Å²) >= 11 is 0. The Morgan fingerprint density at radius 1 is 1.17 bits per heavy atom. The molecule has 2 aromatic carbocycles. The molecule has 0 bridgehead atoms. The van der Waals surface area contributed by atoms with E-state index in [1.54, 1.807) is 29.7 Å². The summed E-state index contributed by atoms with van der Waals surface area (Å²) in [7, 11) is 0. The molecule has 0 fully saturated rings. The van der Waals surface area contributed by atoms with Gasteiger partial charge in [0.2, 0.25) is 0 Å². The Morgan fingerprint density at radius 2 is 1.90 bits per heavy atom. The van der Waals surface area contributed by atoms with Gasteiger partial charge in [0.1, 0.15) is 5.69 Å². The first-order valence-corrected chi connectivity index (χ1v) is 9.44. The van der Waals surface area contributed by atoms with Gasteiger partial charge in [0, 0.05) is 13.1 Å². The van der Waals surface area contributed by atoms with Crippen molar-refractivity contribution in [2.75, 3.05) is 0 Å². The number of ether oxygens (including phenoxy) is 1. The summed E-state index contributed by atoms with van der Waals surface area (Å²) in [6, 6.07) is 14.3. The maximum absolute atomic E-state index is 12.5. The second kappa shape index (κ2) is 8.68. The van der Waals surface area contributed by atoms with Crippen LogP contribution in [0.4, 0.5) is 0 Å². The standard InChI is InChI=1S/C22H23N3O4/c1-4-25-19-11-10-17(12-18(19)24-14(2)21(25)27)22(28)29-15(3)20(26)23-13-16-8-6-5-7-9-16/h5-12,15H,4,13H2,1-3H3,(H,23,26). The van der Waals surface area contributed by atoms with Gasteiger partial charge in [0.05, 0.1) is 16.6 Å². The average molecular weight is 393 g/mol. The predicted molar refractivity (Wildman–Crippen MR) is 110 cm³/mol. The van der Waals surface area contributed by atoms with Gasteiger partial charge in [-0.15, -0.1) is 0 Å². The Bertz CT molecular complexity index is 1110. The number of nitrogens with one attached hydrogen (secondary N) is 1. The van der Waals surface area contributed by atoms with Crippen molar-refractivity contribution in [3.63, 3.8) is 0 Å². The quantitative estimate of drug-likeness (QED) is 0.650. The molecule has 1 N–H and O–H groups in total. The van der Waals surface area contributed by atoms with Gasteiger partial charge in [-0.25, -0.2) is 9.78 Å². The molecule has 7 nitrogen and oxygen atoms in total. The first-order chi connectivity index (χ1) is 13.9. The van der Waals surface area contributed by atoms with Crippen molar-refractivity contribution in [1.82, 2.24) is 14.9 Å². The number of esters is 1. The molecular formula is C22H23N3O4. The molecule has 1 amide bonds. The second-order valence-electron chi connectivity index (χ2n) is 6.70. The number of benzene rings is 2. The first kappa shape index (κ1) is 20.3. The van der Waals surface area contributed by atoms with E-state index in [0.717, 1.165) is 5.56 Å². The highest BCUT2D eigenvalue weighted by Gasteiger charge is 2.19. The van der Waals surface area contributed by atoms with Crippen molar-refractivity contribution in [1.29, 1.82) is 0 Å². The molecule has 1 unspecified atom stereocenters. The number of fused-ring (bicyclic) bond motifs is 1. The third kappa shape index (κ3) is 4.51. The van der Waals surface area contributed by atoms with Crippen LogP contribution in [0.2, 0.25) is 0 Å². The molecule has 150 valence electrons. The van der Waals surface area contributed by atoms with Crippen LogP contribution in [0, 0.1) is 6.92 Å². The topological polar surface area (TPSA) is 90.3 Å². The monoisotopic (exact) mass is 393 g/mol. The van der Waals surface area contributed by atoms with Gasteiger partial charge in [-0.1, -0.05) is 30.3 Å². The number of hydrogen-bond acceptors (Lipinski definition) is 5. The van der Waals surface area contributed by atoms with Crippen LogP contribution < -0.4 is 10.9 Å². The highest BCUT2D eigenvalue weighted by Crippen LogP contribution is 2.15. The van der Waals surface area contributed by atoms with Crippen LogP contribution in [-0.4, -0.2) is 27.5 Å². The van der Waals surface area contributed by atoms with Crippen molar-refractivity contribution < 1.29 is 14.3 Å². The Morgan fingerprint density at radius 3 is 2.59 bits per heavy atom. The van der Waals surface area contributed by atoms with E-state index in [9.17, 15) is 14.4 Å². The van der Waals surface area contributed by atoms with E-state index < -0.39 is 12.1 Å². The molecule has 0 saturated carbocycles. The molecule has 3 aromatic rings. The summed E-state index contributed by atoms with van der Waals surface area (Å²) in [5, 5.41) is 2.75. The number of aromatic nitrogens is 2. The molecule has 0 saturated heterocycles. The van der Waals surface area contributed by atoms with E-state index in [-0.39, 0.29) is 17.0 Å². The Balaban J connectivity index is 1.71. The van der Waals surface area contributed by atoms with Crippen molar-refractivity contribution in [3.8, 4) is 0 Å². The fourth-order valence-corrected chi connectivity index (χ4v) is 3.03. The number of hydrogen-bond donors (Lipinski definition) is 1. The van der Waals surface area contributed by atoms with Gasteiger partial charge >= 0.3 is 5.97 Å². The molecule has 3 rings (SSSR count). The highest BCUT2D eigenvalue weighted by atomic mass is 16.5. The fourth-order valence-electron chi connectivity index (χ4n) is 3.03. The van der Waals surface area contributed by atoms with Crippen LogP contribution in [0.1, 0.15) is 35.5 Å². The highest BCUT2D eigenvalue weighted by molar-refractivity contribution is 5.95. The van der Waals surface area contributed by atoms with E-state index in [4.69, 9.17) is 4.74 Å². The van der Waals surface area contributed by atoms with Crippen LogP contribution in [0.25, 0.3) is 11.0 Å². The predicted octanol–water partition coefficient (Wildman–Crippen LogP) is 2.59. The smallest absolute Gasteiger partial charge is 0.338 e. The molecule has 1 aromatic heterocycles. The minimum atomic E-state index is -0.943. The zero-order chi connectivity index (χ0) is 21.0. The summed E-state index contributed by atoms with van der Waals surface area (Å²) in [6.45, 7) is 5.89. The van der Waals surface area contributed by atoms with Gasteiger partial charge in [0.25, 0.3) is 11.5 Å². The van der Waals surface area contributed by atoms with Crippen molar-refractivity contribution in [2.24, 2.45) is 0 Å². The van der Waals surface area contributed by atoms with Gasteiger partial charge in [-0.3, -0.25) is 9.59 Å². The lowest BCUT2D eigenvalue weighted by molar-refractivity contribution is -0.129. The van der Waals surface area contributed by atoms with Crippen molar-refractivity contribution in [3.05, 3.63) is 75.7 Å². The van der Waals surface area contributed by atoms with Gasteiger partial charge in [-0.05, 0) is 44.5 Å². The summed E-state index contributed by atoms with van der Waals surface area (Å²) in [6.07, 6.45) is -0.943. The average Bonchev–Trinajstić information content (AvgIpc) is 2.73. The van der Waals surface area contributed by atoms with Crippen molar-refractivity contribution in [2.45, 2.75) is 40.0 Å². The van der Waals surface area contributed by atoms with Crippen LogP contribution in [0.5, 0.6) is 0 Å². The zero-order valence-electron chi connectivity index (χ0n) is 16.6. The maximum atomic E-state index is 12.5. The molecule has 7 heteroatoms. The van der Waals surface area contributed by atoms with E-state index in [0.29, 0.717) is 29.8 Å². The fraction of sp³-hybridized carbons (Fsp3) is 0.273. The number of aryl methyl sites for hydroxylation is 2. The molecule has 0 aliphatic carbocycles. The van der Waals surface area contributed by atoms with Crippen LogP contribution in [0.15, 0.2) is 53.3 Å². The molecular weight excluding hydrogens is 370 g/mol. The largest absolute Gasteiger partial charge is 0.449 e. The first-order valence-electron chi connectivity index (χ1n) is 9.44. The summed E-state index contributed by atoms with van der Waals surface area (Å²) in [4.78, 5) is 41.2. The maximum Gasteiger partial charge on any atom is 0.338 e. The number of amides is 1. The summed E-state index contributed by atoms with van der Waals surface area (Å²) in [5.41, 5.74) is 2.61. The molecule has 0 aliphatic heterocycles. The zero-order valence-corrected chi connectivity index (χ0v) is 16.6. The van der Waals surface area contributed by atoms with E-state index in [1.807, 2.05) is 37.3 Å². The second-order valence-corrected chi connectivity index (χ2v) is 6.70. The van der Waals surface area contributed by atoms with E-state index in [2.05, 4.69) is 10.3 Å². The minimum Gasteiger partial charge on any atom is -0.449 e. The molecule has 1 heterocycles. The molecule has 0 radical (unpaired) electrons. The van der Waals surface area contributed by atoms with E-state index in [1.165, 1.54) is 6.92 Å². The summed E-state index contributed by atoms with van der Waals surface area (Å²) < 4.78 is 6.90.